The molecule has 0 aliphatic heterocycles. The zero-order chi connectivity index (χ0) is 24.7. The molecule has 3 rings (SSSR count). The number of rotatable bonds is 14. The molecule has 1 atom stereocenters. The molecule has 0 spiro atoms. The first kappa shape index (κ1) is 27.0. The number of hydrogen-bond acceptors (Lipinski definition) is 3. The van der Waals surface area contributed by atoms with E-state index in [1.54, 1.807) is 0 Å². The lowest BCUT2D eigenvalue weighted by Gasteiger charge is -2.13. The highest BCUT2D eigenvalue weighted by Gasteiger charge is 2.09. The number of allylic oxidation sites excluding steroid dienone is 1. The number of carbonyl (C=O) groups excluding carboxylic acids is 1. The summed E-state index contributed by atoms with van der Waals surface area (Å²) >= 11 is 2.44. The molecule has 35 heavy (non-hydrogen) atoms. The SMILES string of the molecule is COC(=O)c1ccc(CC(/C=C/c2ccccc2OCCCCCc2ccccc2)CCI)cc1. The van der Waals surface area contributed by atoms with Crippen LogP contribution in [0.2, 0.25) is 0 Å². The first-order valence-electron chi connectivity index (χ1n) is 12.4. The summed E-state index contributed by atoms with van der Waals surface area (Å²) in [4.78, 5) is 11.7. The van der Waals surface area contributed by atoms with Gasteiger partial charge in [-0.2, -0.15) is 0 Å². The second kappa shape index (κ2) is 15.4. The molecule has 0 N–H and O–H groups in total. The van der Waals surface area contributed by atoms with Crippen LogP contribution in [-0.2, 0) is 17.6 Å². The van der Waals surface area contributed by atoms with E-state index in [0.29, 0.717) is 11.5 Å². The number of aryl methyl sites for hydroxylation is 1. The Hall–Kier alpha value is -2.60. The first-order valence-corrected chi connectivity index (χ1v) is 13.9. The zero-order valence-electron chi connectivity index (χ0n) is 20.5. The Kier molecular flexibility index (Phi) is 11.9. The number of unbranched alkanes of at least 4 members (excludes halogenated alkanes) is 2. The number of para-hydroxylation sites is 1. The van der Waals surface area contributed by atoms with Gasteiger partial charge in [0.25, 0.3) is 0 Å². The predicted octanol–water partition coefficient (Wildman–Crippen LogP) is 7.96. The summed E-state index contributed by atoms with van der Waals surface area (Å²) in [6.45, 7) is 0.739. The van der Waals surface area contributed by atoms with Gasteiger partial charge in [-0.05, 0) is 73.8 Å². The lowest BCUT2D eigenvalue weighted by atomic mass is 9.95. The van der Waals surface area contributed by atoms with Crippen molar-refractivity contribution in [3.8, 4) is 5.75 Å². The second-order valence-electron chi connectivity index (χ2n) is 8.67. The topological polar surface area (TPSA) is 35.5 Å². The minimum Gasteiger partial charge on any atom is -0.493 e. The van der Waals surface area contributed by atoms with E-state index in [9.17, 15) is 4.79 Å². The summed E-state index contributed by atoms with van der Waals surface area (Å²) in [5.74, 6) is 1.07. The molecule has 0 aromatic heterocycles. The van der Waals surface area contributed by atoms with Crippen molar-refractivity contribution in [1.29, 1.82) is 0 Å². The summed E-state index contributed by atoms with van der Waals surface area (Å²) in [5.41, 5.74) is 4.33. The van der Waals surface area contributed by atoms with Crippen molar-refractivity contribution in [2.75, 3.05) is 18.1 Å². The van der Waals surface area contributed by atoms with Gasteiger partial charge in [-0.1, -0.05) is 95.4 Å². The highest BCUT2D eigenvalue weighted by atomic mass is 127. The molecule has 0 bridgehead atoms. The maximum atomic E-state index is 11.7. The Balaban J connectivity index is 1.51. The number of benzene rings is 3. The molecule has 184 valence electrons. The van der Waals surface area contributed by atoms with Gasteiger partial charge in [0.15, 0.2) is 0 Å². The van der Waals surface area contributed by atoms with Gasteiger partial charge >= 0.3 is 5.97 Å². The molecule has 0 saturated heterocycles. The number of methoxy groups -OCH3 is 1. The fourth-order valence-electron chi connectivity index (χ4n) is 4.03. The third kappa shape index (κ3) is 9.52. The third-order valence-corrected chi connectivity index (χ3v) is 6.65. The summed E-state index contributed by atoms with van der Waals surface area (Å²) in [6.07, 6.45) is 11.1. The van der Waals surface area contributed by atoms with Gasteiger partial charge in [-0.25, -0.2) is 4.79 Å². The lowest BCUT2D eigenvalue weighted by Crippen LogP contribution is -2.04. The molecule has 0 radical (unpaired) electrons. The number of alkyl halides is 1. The van der Waals surface area contributed by atoms with E-state index in [-0.39, 0.29) is 5.97 Å². The second-order valence-corrected chi connectivity index (χ2v) is 9.75. The van der Waals surface area contributed by atoms with Crippen molar-refractivity contribution in [3.05, 3.63) is 107 Å². The van der Waals surface area contributed by atoms with Gasteiger partial charge in [0.05, 0.1) is 19.3 Å². The van der Waals surface area contributed by atoms with Crippen LogP contribution in [0.15, 0.2) is 84.9 Å². The Morgan fingerprint density at radius 3 is 2.37 bits per heavy atom. The van der Waals surface area contributed by atoms with Gasteiger partial charge in [0.1, 0.15) is 5.75 Å². The predicted molar refractivity (Wildman–Crippen MR) is 153 cm³/mol. The van der Waals surface area contributed by atoms with Crippen LogP contribution < -0.4 is 4.74 Å². The number of halogens is 1. The summed E-state index contributed by atoms with van der Waals surface area (Å²) < 4.78 is 12.0. The standard InChI is InChI=1S/C31H35IO3/c1-34-31(33)29-19-16-26(17-20-29)24-27(21-22-32)15-18-28-13-7-8-14-30(28)35-23-9-3-6-12-25-10-4-2-5-11-25/h2,4-5,7-8,10-11,13-20,27H,3,6,9,12,21-24H2,1H3/b18-15+. The molecule has 1 unspecified atom stereocenters. The van der Waals surface area contributed by atoms with E-state index in [1.165, 1.54) is 31.1 Å². The Morgan fingerprint density at radius 1 is 0.886 bits per heavy atom. The van der Waals surface area contributed by atoms with Crippen molar-refractivity contribution in [1.82, 2.24) is 0 Å². The molecule has 3 aromatic rings. The number of hydrogen-bond donors (Lipinski definition) is 0. The molecule has 3 nitrogen and oxygen atoms in total. The average Bonchev–Trinajstić information content (AvgIpc) is 2.90. The lowest BCUT2D eigenvalue weighted by molar-refractivity contribution is 0.0600. The van der Waals surface area contributed by atoms with Crippen LogP contribution in [0, 0.1) is 5.92 Å². The van der Waals surface area contributed by atoms with E-state index >= 15 is 0 Å². The largest absolute Gasteiger partial charge is 0.493 e. The van der Waals surface area contributed by atoms with Gasteiger partial charge in [-0.3, -0.25) is 0 Å². The van der Waals surface area contributed by atoms with Crippen molar-refractivity contribution < 1.29 is 14.3 Å². The van der Waals surface area contributed by atoms with E-state index in [2.05, 4.69) is 83.3 Å². The monoisotopic (exact) mass is 582 g/mol. The molecule has 0 aliphatic rings. The Labute approximate surface area is 223 Å². The van der Waals surface area contributed by atoms with Crippen molar-refractivity contribution in [2.24, 2.45) is 5.92 Å². The fraction of sp³-hybridized carbons (Fsp3) is 0.323. The van der Waals surface area contributed by atoms with Crippen molar-refractivity contribution in [3.63, 3.8) is 0 Å². The van der Waals surface area contributed by atoms with Crippen LogP contribution in [0.5, 0.6) is 5.75 Å². The minimum atomic E-state index is -0.298. The zero-order valence-corrected chi connectivity index (χ0v) is 22.7. The van der Waals surface area contributed by atoms with Crippen LogP contribution in [0.1, 0.15) is 52.7 Å². The summed E-state index contributed by atoms with van der Waals surface area (Å²) in [6, 6.07) is 26.7. The first-order chi connectivity index (χ1) is 17.2. The van der Waals surface area contributed by atoms with Crippen molar-refractivity contribution in [2.45, 2.75) is 38.5 Å². The molecule has 0 heterocycles. The van der Waals surface area contributed by atoms with Crippen LogP contribution in [0.25, 0.3) is 6.08 Å². The van der Waals surface area contributed by atoms with Gasteiger partial charge in [-0.15, -0.1) is 0 Å². The number of ether oxygens (including phenoxy) is 2. The molecular weight excluding hydrogens is 547 g/mol. The van der Waals surface area contributed by atoms with Crippen LogP contribution in [-0.4, -0.2) is 24.1 Å². The van der Waals surface area contributed by atoms with Gasteiger partial charge in [0, 0.05) is 9.99 Å². The Morgan fingerprint density at radius 2 is 1.63 bits per heavy atom. The maximum Gasteiger partial charge on any atom is 0.337 e. The van der Waals surface area contributed by atoms with E-state index in [4.69, 9.17) is 9.47 Å². The third-order valence-electron chi connectivity index (χ3n) is 6.03. The minimum absolute atomic E-state index is 0.298. The fourth-order valence-corrected chi connectivity index (χ4v) is 4.83. The smallest absolute Gasteiger partial charge is 0.337 e. The van der Waals surface area contributed by atoms with Crippen LogP contribution in [0.3, 0.4) is 0 Å². The van der Waals surface area contributed by atoms with Gasteiger partial charge in [0.2, 0.25) is 0 Å². The summed E-state index contributed by atoms with van der Waals surface area (Å²) in [5, 5.41) is 0. The molecule has 4 heteroatoms. The molecule has 0 aliphatic carbocycles. The highest BCUT2D eigenvalue weighted by Crippen LogP contribution is 2.23. The number of esters is 1. The van der Waals surface area contributed by atoms with E-state index in [0.717, 1.165) is 48.0 Å². The van der Waals surface area contributed by atoms with Crippen molar-refractivity contribution >= 4 is 34.6 Å². The molecule has 3 aromatic carbocycles. The molecular formula is C31H35IO3. The molecule has 0 amide bonds. The average molecular weight is 583 g/mol. The quantitative estimate of drug-likeness (QED) is 0.0838. The number of carbonyl (C=O) groups is 1. The van der Waals surface area contributed by atoms with Crippen LogP contribution >= 0.6 is 22.6 Å². The summed E-state index contributed by atoms with van der Waals surface area (Å²) in [7, 11) is 1.41. The highest BCUT2D eigenvalue weighted by molar-refractivity contribution is 14.1. The normalized spacial score (nSPS) is 11.9. The molecule has 0 saturated carbocycles. The maximum absolute atomic E-state index is 11.7. The Bertz CT molecular complexity index is 1040. The van der Waals surface area contributed by atoms with E-state index in [1.807, 2.05) is 30.3 Å². The van der Waals surface area contributed by atoms with Gasteiger partial charge < -0.3 is 9.47 Å². The van der Waals surface area contributed by atoms with E-state index < -0.39 is 0 Å². The van der Waals surface area contributed by atoms with Crippen LogP contribution in [0.4, 0.5) is 0 Å². The molecule has 0 fully saturated rings.